The lowest BCUT2D eigenvalue weighted by Gasteiger charge is -2.47. The second-order valence-electron chi connectivity index (χ2n) is 10.1. The minimum absolute atomic E-state index is 0.0170. The Kier molecular flexibility index (Phi) is 5.91. The average molecular weight is 438 g/mol. The summed E-state index contributed by atoms with van der Waals surface area (Å²) in [4.78, 5) is 34.6. The minimum atomic E-state index is -0.0170. The number of rotatable bonds is 4. The van der Waals surface area contributed by atoms with Gasteiger partial charge in [0.05, 0.1) is 0 Å². The first-order valence-corrected chi connectivity index (χ1v) is 12.4. The van der Waals surface area contributed by atoms with Crippen LogP contribution in [0.4, 0.5) is 0 Å². The molecule has 2 aromatic rings. The van der Waals surface area contributed by atoms with Crippen molar-refractivity contribution in [2.24, 2.45) is 11.8 Å². The van der Waals surface area contributed by atoms with E-state index in [0.29, 0.717) is 30.5 Å². The number of amides is 2. The van der Waals surface area contributed by atoms with Crippen molar-refractivity contribution < 1.29 is 9.59 Å². The lowest BCUT2D eigenvalue weighted by atomic mass is 9.82. The molecule has 2 aromatic heterocycles. The molecule has 32 heavy (non-hydrogen) atoms. The van der Waals surface area contributed by atoms with Crippen molar-refractivity contribution in [1.29, 1.82) is 0 Å². The van der Waals surface area contributed by atoms with Gasteiger partial charge < -0.3 is 9.80 Å². The molecule has 2 atom stereocenters. The highest BCUT2D eigenvalue weighted by atomic mass is 16.2. The van der Waals surface area contributed by atoms with Crippen LogP contribution in [0.5, 0.6) is 0 Å². The summed E-state index contributed by atoms with van der Waals surface area (Å²) < 4.78 is 1.75. The maximum absolute atomic E-state index is 13.3. The number of nitrogens with zero attached hydrogens (tertiary/aromatic N) is 5. The van der Waals surface area contributed by atoms with Gasteiger partial charge >= 0.3 is 0 Å². The second-order valence-corrected chi connectivity index (χ2v) is 10.1. The molecule has 0 unspecified atom stereocenters. The van der Waals surface area contributed by atoms with Crippen molar-refractivity contribution >= 4 is 17.5 Å². The zero-order chi connectivity index (χ0) is 22.2. The molecule has 0 bridgehead atoms. The minimum Gasteiger partial charge on any atom is -0.339 e. The third kappa shape index (κ3) is 4.14. The Bertz CT molecular complexity index is 1010. The Labute approximate surface area is 190 Å². The monoisotopic (exact) mass is 437 g/mol. The largest absolute Gasteiger partial charge is 0.339 e. The van der Waals surface area contributed by atoms with Gasteiger partial charge in [-0.25, -0.2) is 9.50 Å². The number of carbonyl (C=O) groups excluding carboxylic acids is 2. The number of piperidine rings is 2. The van der Waals surface area contributed by atoms with Gasteiger partial charge in [0.25, 0.3) is 5.91 Å². The Morgan fingerprint density at radius 3 is 2.72 bits per heavy atom. The van der Waals surface area contributed by atoms with Crippen molar-refractivity contribution in [2.45, 2.75) is 77.7 Å². The van der Waals surface area contributed by atoms with Gasteiger partial charge in [-0.1, -0.05) is 32.1 Å². The first-order valence-electron chi connectivity index (χ1n) is 12.4. The van der Waals surface area contributed by atoms with E-state index in [4.69, 9.17) is 0 Å². The maximum atomic E-state index is 13.3. The molecule has 2 aliphatic heterocycles. The molecule has 0 spiro atoms. The van der Waals surface area contributed by atoms with Gasteiger partial charge in [-0.3, -0.25) is 9.59 Å². The summed E-state index contributed by atoms with van der Waals surface area (Å²) in [7, 11) is 0. The highest BCUT2D eigenvalue weighted by molar-refractivity contribution is 5.93. The van der Waals surface area contributed by atoms with Crippen LogP contribution < -0.4 is 0 Å². The van der Waals surface area contributed by atoms with Gasteiger partial charge in [0.15, 0.2) is 11.3 Å². The van der Waals surface area contributed by atoms with Gasteiger partial charge in [0.1, 0.15) is 0 Å². The van der Waals surface area contributed by atoms with Crippen LogP contribution in [0.15, 0.2) is 12.1 Å². The number of carbonyl (C=O) groups is 2. The van der Waals surface area contributed by atoms with Crippen molar-refractivity contribution in [3.63, 3.8) is 0 Å². The standard InChI is InChI=1S/C25H35N5O2/c1-17-14-18(2)30-23(26-17)15-21(27-30)25(32)28-12-11-22-20(16-28)8-9-24(31)29(22)13-10-19-6-4-3-5-7-19/h14-15,19-20,22H,3-13,16H2,1-2H3/t20-,22+/m0/s1. The summed E-state index contributed by atoms with van der Waals surface area (Å²) in [6.45, 7) is 6.24. The molecule has 3 fully saturated rings. The molecule has 2 amide bonds. The maximum Gasteiger partial charge on any atom is 0.274 e. The molecule has 1 saturated carbocycles. The molecule has 172 valence electrons. The van der Waals surface area contributed by atoms with Crippen LogP contribution in [0.1, 0.15) is 79.7 Å². The second kappa shape index (κ2) is 8.83. The Hall–Kier alpha value is -2.44. The first kappa shape index (κ1) is 21.4. The highest BCUT2D eigenvalue weighted by Gasteiger charge is 2.40. The lowest BCUT2D eigenvalue weighted by molar-refractivity contribution is -0.140. The van der Waals surface area contributed by atoms with Crippen LogP contribution in [0.2, 0.25) is 0 Å². The molecule has 5 rings (SSSR count). The molecule has 7 nitrogen and oxygen atoms in total. The van der Waals surface area contributed by atoms with Gasteiger partial charge in [-0.15, -0.1) is 0 Å². The first-order chi connectivity index (χ1) is 15.5. The molecule has 0 N–H and O–H groups in total. The van der Waals surface area contributed by atoms with E-state index in [2.05, 4.69) is 15.0 Å². The SMILES string of the molecule is Cc1cc(C)n2nc(C(=O)N3CC[C@@H]4[C@@H](CCC(=O)N4CCC4CCCCC4)C3)cc2n1. The number of fused-ring (bicyclic) bond motifs is 2. The van der Waals surface area contributed by atoms with Crippen molar-refractivity contribution in [3.05, 3.63) is 29.2 Å². The molecule has 0 radical (unpaired) electrons. The zero-order valence-electron chi connectivity index (χ0n) is 19.4. The van der Waals surface area contributed by atoms with Crippen LogP contribution in [0.3, 0.4) is 0 Å². The zero-order valence-corrected chi connectivity index (χ0v) is 19.4. The van der Waals surface area contributed by atoms with E-state index in [1.54, 1.807) is 10.6 Å². The number of hydrogen-bond acceptors (Lipinski definition) is 4. The number of likely N-dealkylation sites (tertiary alicyclic amines) is 2. The van der Waals surface area contributed by atoms with Gasteiger partial charge in [-0.05, 0) is 51.0 Å². The van der Waals surface area contributed by atoms with Crippen LogP contribution in [-0.2, 0) is 4.79 Å². The topological polar surface area (TPSA) is 70.8 Å². The summed E-state index contributed by atoms with van der Waals surface area (Å²) in [5, 5.41) is 4.54. The fraction of sp³-hybridized carbons (Fsp3) is 0.680. The quantitative estimate of drug-likeness (QED) is 0.730. The van der Waals surface area contributed by atoms with E-state index in [1.165, 1.54) is 32.1 Å². The molecule has 2 saturated heterocycles. The Morgan fingerprint density at radius 1 is 1.09 bits per heavy atom. The van der Waals surface area contributed by atoms with E-state index in [-0.39, 0.29) is 11.9 Å². The van der Waals surface area contributed by atoms with Crippen LogP contribution in [0.25, 0.3) is 5.65 Å². The van der Waals surface area contributed by atoms with Crippen LogP contribution >= 0.6 is 0 Å². The van der Waals surface area contributed by atoms with Crippen molar-refractivity contribution in [1.82, 2.24) is 24.4 Å². The molecule has 1 aliphatic carbocycles. The number of hydrogen-bond donors (Lipinski definition) is 0. The van der Waals surface area contributed by atoms with Gasteiger partial charge in [0.2, 0.25) is 5.91 Å². The van der Waals surface area contributed by atoms with E-state index in [1.807, 2.05) is 24.8 Å². The Balaban J connectivity index is 1.25. The van der Waals surface area contributed by atoms with E-state index < -0.39 is 0 Å². The summed E-state index contributed by atoms with van der Waals surface area (Å²) >= 11 is 0. The third-order valence-corrected chi connectivity index (χ3v) is 7.89. The summed E-state index contributed by atoms with van der Waals surface area (Å²) in [5.74, 6) is 1.46. The van der Waals surface area contributed by atoms with E-state index in [9.17, 15) is 9.59 Å². The molecular weight excluding hydrogens is 402 g/mol. The summed E-state index contributed by atoms with van der Waals surface area (Å²) in [6, 6.07) is 4.06. The third-order valence-electron chi connectivity index (χ3n) is 7.89. The fourth-order valence-electron chi connectivity index (χ4n) is 6.18. The molecular formula is C25H35N5O2. The summed E-state index contributed by atoms with van der Waals surface area (Å²) in [5.41, 5.74) is 3.09. The predicted octanol–water partition coefficient (Wildman–Crippen LogP) is 3.77. The smallest absolute Gasteiger partial charge is 0.274 e. The number of aromatic nitrogens is 3. The van der Waals surface area contributed by atoms with Crippen molar-refractivity contribution in [3.8, 4) is 0 Å². The van der Waals surface area contributed by atoms with E-state index in [0.717, 1.165) is 55.3 Å². The van der Waals surface area contributed by atoms with Gasteiger partial charge in [0, 0.05) is 49.6 Å². The molecule has 3 aliphatic rings. The van der Waals surface area contributed by atoms with E-state index >= 15 is 0 Å². The highest BCUT2D eigenvalue weighted by Crippen LogP contribution is 2.33. The number of aryl methyl sites for hydroxylation is 2. The van der Waals surface area contributed by atoms with Crippen LogP contribution in [0, 0.1) is 25.7 Å². The Morgan fingerprint density at radius 2 is 1.91 bits per heavy atom. The average Bonchev–Trinajstić information content (AvgIpc) is 3.23. The van der Waals surface area contributed by atoms with Gasteiger partial charge in [-0.2, -0.15) is 5.10 Å². The molecule has 0 aromatic carbocycles. The lowest BCUT2D eigenvalue weighted by Crippen LogP contribution is -2.57. The van der Waals surface area contributed by atoms with Crippen molar-refractivity contribution in [2.75, 3.05) is 19.6 Å². The fourth-order valence-corrected chi connectivity index (χ4v) is 6.18. The normalized spacial score (nSPS) is 24.8. The predicted molar refractivity (Wildman–Crippen MR) is 122 cm³/mol. The molecule has 7 heteroatoms. The van der Waals surface area contributed by atoms with Crippen LogP contribution in [-0.4, -0.2) is 61.9 Å². The summed E-state index contributed by atoms with van der Waals surface area (Å²) in [6.07, 6.45) is 10.2. The molecule has 4 heterocycles.